The Labute approximate surface area is 192 Å². The van der Waals surface area contributed by atoms with Crippen LogP contribution in [0.4, 0.5) is 11.4 Å². The van der Waals surface area contributed by atoms with Crippen molar-refractivity contribution >= 4 is 48.4 Å². The second-order valence-corrected chi connectivity index (χ2v) is 12.4. The van der Waals surface area contributed by atoms with Gasteiger partial charge in [0.05, 0.1) is 0 Å². The summed E-state index contributed by atoms with van der Waals surface area (Å²) in [6.45, 7) is -2.15. The van der Waals surface area contributed by atoms with Crippen LogP contribution in [0.2, 0.25) is 0 Å². The van der Waals surface area contributed by atoms with Crippen molar-refractivity contribution in [1.82, 2.24) is 0 Å². The lowest BCUT2D eigenvalue weighted by Crippen LogP contribution is -1.99. The highest BCUT2D eigenvalue weighted by Gasteiger charge is 2.21. The molecule has 0 aliphatic rings. The van der Waals surface area contributed by atoms with Gasteiger partial charge in [0.15, 0.2) is 0 Å². The SMILES string of the molecule is COP(=S)(OC)Oc1ccc(N=[N+]([O-])c2ccc(OP(=S)(OC)OC)cc2C)c(C)c1. The van der Waals surface area contributed by atoms with Crippen LogP contribution in [-0.4, -0.2) is 33.3 Å². The maximum atomic E-state index is 12.7. The van der Waals surface area contributed by atoms with Crippen molar-refractivity contribution in [3.63, 3.8) is 0 Å². The molecule has 13 heteroatoms. The van der Waals surface area contributed by atoms with Crippen LogP contribution in [0.25, 0.3) is 0 Å². The summed E-state index contributed by atoms with van der Waals surface area (Å²) in [5.74, 6) is 0.900. The van der Waals surface area contributed by atoms with Gasteiger partial charge in [-0.2, -0.15) is 0 Å². The van der Waals surface area contributed by atoms with E-state index < -0.39 is 13.4 Å². The fourth-order valence-corrected chi connectivity index (χ4v) is 4.26. The first kappa shape index (κ1) is 25.8. The van der Waals surface area contributed by atoms with Crippen molar-refractivity contribution < 1.29 is 32.0 Å². The molecule has 0 atom stereocenters. The van der Waals surface area contributed by atoms with Crippen LogP contribution >= 0.6 is 13.4 Å². The van der Waals surface area contributed by atoms with Gasteiger partial charge in [0.25, 0.3) is 0 Å². The molecule has 0 saturated carbocycles. The van der Waals surface area contributed by atoms with Gasteiger partial charge in [0.2, 0.25) is 5.69 Å². The fourth-order valence-electron chi connectivity index (χ4n) is 2.40. The van der Waals surface area contributed by atoms with E-state index in [9.17, 15) is 5.21 Å². The maximum absolute atomic E-state index is 12.7. The van der Waals surface area contributed by atoms with Gasteiger partial charge in [0, 0.05) is 68.8 Å². The second kappa shape index (κ2) is 10.9. The van der Waals surface area contributed by atoms with Crippen LogP contribution in [0.1, 0.15) is 11.1 Å². The topological polar surface area (TPSA) is 93.8 Å². The highest BCUT2D eigenvalue weighted by Crippen LogP contribution is 2.49. The van der Waals surface area contributed by atoms with Crippen LogP contribution < -0.4 is 9.05 Å². The van der Waals surface area contributed by atoms with E-state index in [1.165, 1.54) is 28.4 Å². The molecule has 0 fully saturated rings. The zero-order chi connectivity index (χ0) is 23.2. The fraction of sp³-hybridized carbons (Fsp3) is 0.333. The maximum Gasteiger partial charge on any atom is 0.380 e. The van der Waals surface area contributed by atoms with E-state index in [1.54, 1.807) is 50.2 Å². The predicted molar refractivity (Wildman–Crippen MR) is 126 cm³/mol. The molecular formula is C18H24N2O7P2S2. The average molecular weight is 506 g/mol. The van der Waals surface area contributed by atoms with E-state index in [1.807, 2.05) is 0 Å². The molecule has 0 amide bonds. The third-order valence-corrected chi connectivity index (χ3v) is 8.96. The zero-order valence-corrected chi connectivity index (χ0v) is 21.3. The Kier molecular flexibility index (Phi) is 9.12. The number of nitrogens with zero attached hydrogens (tertiary/aromatic N) is 2. The van der Waals surface area contributed by atoms with Gasteiger partial charge in [-0.1, -0.05) is 0 Å². The highest BCUT2D eigenvalue weighted by molar-refractivity contribution is 8.08. The molecule has 0 unspecified atom stereocenters. The van der Waals surface area contributed by atoms with Crippen molar-refractivity contribution in [3.05, 3.63) is 52.7 Å². The molecule has 0 N–H and O–H groups in total. The van der Waals surface area contributed by atoms with Crippen LogP contribution in [0.5, 0.6) is 11.5 Å². The lowest BCUT2D eigenvalue weighted by molar-refractivity contribution is -0.435. The summed E-state index contributed by atoms with van der Waals surface area (Å²) in [6.07, 6.45) is 0. The van der Waals surface area contributed by atoms with E-state index in [2.05, 4.69) is 5.11 Å². The van der Waals surface area contributed by atoms with Gasteiger partial charge in [-0.25, -0.2) is 0 Å². The normalized spacial score (nSPS) is 12.6. The number of hydrogen-bond donors (Lipinski definition) is 0. The van der Waals surface area contributed by atoms with Gasteiger partial charge < -0.3 is 32.3 Å². The summed E-state index contributed by atoms with van der Waals surface area (Å²) >= 11 is 10.4. The Balaban J connectivity index is 2.27. The third-order valence-electron chi connectivity index (χ3n) is 4.07. The van der Waals surface area contributed by atoms with Crippen LogP contribution in [0.15, 0.2) is 41.5 Å². The lowest BCUT2D eigenvalue weighted by atomic mass is 10.2. The van der Waals surface area contributed by atoms with Crippen LogP contribution in [-0.2, 0) is 41.7 Å². The Bertz CT molecular complexity index is 1050. The number of aryl methyl sites for hydroxylation is 2. The Morgan fingerprint density at radius 1 is 0.774 bits per heavy atom. The molecule has 9 nitrogen and oxygen atoms in total. The lowest BCUT2D eigenvalue weighted by Gasteiger charge is -2.18. The molecule has 0 aliphatic heterocycles. The van der Waals surface area contributed by atoms with Crippen LogP contribution in [0.3, 0.4) is 0 Å². The van der Waals surface area contributed by atoms with Crippen LogP contribution in [0, 0.1) is 19.1 Å². The second-order valence-electron chi connectivity index (χ2n) is 6.08. The third kappa shape index (κ3) is 6.78. The molecule has 0 saturated heterocycles. The number of hydrogen-bond acceptors (Lipinski definition) is 10. The molecule has 2 aromatic rings. The summed E-state index contributed by atoms with van der Waals surface area (Å²) in [6, 6.07) is 9.87. The zero-order valence-electron chi connectivity index (χ0n) is 17.9. The molecule has 170 valence electrons. The Hall–Kier alpha value is -1.42. The molecule has 2 aromatic carbocycles. The smallest absolute Gasteiger partial charge is 0.380 e. The van der Waals surface area contributed by atoms with Crippen molar-refractivity contribution in [1.29, 1.82) is 0 Å². The number of azo groups is 1. The van der Waals surface area contributed by atoms with Gasteiger partial charge in [-0.3, -0.25) is 0 Å². The quantitative estimate of drug-likeness (QED) is 0.166. The highest BCUT2D eigenvalue weighted by atomic mass is 32.5. The largest absolute Gasteiger partial charge is 0.594 e. The van der Waals surface area contributed by atoms with E-state index >= 15 is 0 Å². The van der Waals surface area contributed by atoms with Crippen molar-refractivity contribution in [2.45, 2.75) is 13.8 Å². The predicted octanol–water partition coefficient (Wildman–Crippen LogP) is 6.02. The molecule has 0 aliphatic carbocycles. The first-order valence-electron chi connectivity index (χ1n) is 8.81. The summed E-state index contributed by atoms with van der Waals surface area (Å²) < 4.78 is 31.7. The monoisotopic (exact) mass is 506 g/mol. The summed E-state index contributed by atoms with van der Waals surface area (Å²) in [5, 5.41) is 16.8. The van der Waals surface area contributed by atoms with E-state index in [0.29, 0.717) is 38.9 Å². The summed E-state index contributed by atoms with van der Waals surface area (Å²) in [7, 11) is 5.69. The molecule has 0 bridgehead atoms. The Morgan fingerprint density at radius 3 is 1.65 bits per heavy atom. The number of rotatable bonds is 10. The molecule has 2 rings (SSSR count). The van der Waals surface area contributed by atoms with Gasteiger partial charge in [-0.05, 0) is 54.6 Å². The minimum absolute atomic E-state index is 0.351. The molecule has 31 heavy (non-hydrogen) atoms. The number of benzene rings is 2. The van der Waals surface area contributed by atoms with Gasteiger partial charge >= 0.3 is 13.4 Å². The molecule has 0 aromatic heterocycles. The van der Waals surface area contributed by atoms with Gasteiger partial charge in [0.1, 0.15) is 17.2 Å². The minimum Gasteiger partial charge on any atom is -0.594 e. The first-order chi connectivity index (χ1) is 14.6. The standard InChI is InChI=1S/C18H24N2O7P2S2/c1-13-11-15(26-28(30,22-3)23-4)7-9-17(13)19-20(21)18-10-8-16(12-14(18)2)27-29(31,24-5)25-6/h7-12H,1-6H3. The molecule has 0 radical (unpaired) electrons. The van der Waals surface area contributed by atoms with E-state index in [-0.39, 0.29) is 0 Å². The molecule has 0 heterocycles. The Morgan fingerprint density at radius 2 is 1.23 bits per heavy atom. The first-order valence-corrected chi connectivity index (χ1v) is 13.9. The van der Waals surface area contributed by atoms with Crippen molar-refractivity contribution in [2.75, 3.05) is 28.4 Å². The van der Waals surface area contributed by atoms with Crippen molar-refractivity contribution in [2.24, 2.45) is 5.11 Å². The van der Waals surface area contributed by atoms with E-state index in [4.69, 9.17) is 50.8 Å². The summed E-state index contributed by atoms with van der Waals surface area (Å²) in [5.41, 5.74) is 2.18. The molecule has 0 spiro atoms. The van der Waals surface area contributed by atoms with E-state index in [0.717, 1.165) is 0 Å². The van der Waals surface area contributed by atoms with Gasteiger partial charge in [-0.15, -0.1) is 0 Å². The molecular weight excluding hydrogens is 482 g/mol. The van der Waals surface area contributed by atoms with Crippen molar-refractivity contribution in [3.8, 4) is 11.5 Å². The minimum atomic E-state index is -2.86. The summed E-state index contributed by atoms with van der Waals surface area (Å²) in [4.78, 5) is 0.541. The average Bonchev–Trinajstić information content (AvgIpc) is 2.75.